The van der Waals surface area contributed by atoms with Crippen LogP contribution in [0.1, 0.15) is 41.5 Å². The van der Waals surface area contributed by atoms with Crippen molar-refractivity contribution in [3.8, 4) is 0 Å². The van der Waals surface area contributed by atoms with Crippen molar-refractivity contribution in [1.29, 1.82) is 0 Å². The lowest BCUT2D eigenvalue weighted by molar-refractivity contribution is -0.119. The first-order valence-corrected chi connectivity index (χ1v) is 5.71. The Kier molecular flexibility index (Phi) is 5.63. The van der Waals surface area contributed by atoms with Gasteiger partial charge in [0.1, 0.15) is 0 Å². The normalized spacial score (nSPS) is 16.9. The van der Waals surface area contributed by atoms with E-state index in [9.17, 15) is 9.90 Å². The molecule has 0 aromatic rings. The number of hydrogen-bond donors (Lipinski definition) is 1. The van der Waals surface area contributed by atoms with E-state index in [1.165, 1.54) is 6.08 Å². The third-order valence-corrected chi connectivity index (χ3v) is 3.21. The molecular weight excluding hydrogens is 188 g/mol. The molecule has 0 rings (SSSR count). The first-order chi connectivity index (χ1) is 6.77. The fourth-order valence-electron chi connectivity index (χ4n) is 1.08. The Morgan fingerprint density at radius 2 is 1.33 bits per heavy atom. The Labute approximate surface area is 93.4 Å². The van der Waals surface area contributed by atoms with Gasteiger partial charge in [-0.3, -0.25) is 4.79 Å². The van der Waals surface area contributed by atoms with Gasteiger partial charge in [-0.1, -0.05) is 41.5 Å². The molecule has 0 spiro atoms. The van der Waals surface area contributed by atoms with E-state index in [1.54, 1.807) is 0 Å². The average Bonchev–Trinajstić information content (AvgIpc) is 2.14. The minimum Gasteiger partial charge on any atom is -0.512 e. The number of rotatable bonds is 5. The molecule has 0 radical (unpaired) electrons. The van der Waals surface area contributed by atoms with Crippen molar-refractivity contribution < 1.29 is 9.90 Å². The highest BCUT2D eigenvalue weighted by Gasteiger charge is 2.18. The fraction of sp³-hybridized carbons (Fsp3) is 0.769. The summed E-state index contributed by atoms with van der Waals surface area (Å²) in [5, 5.41) is 9.73. The van der Waals surface area contributed by atoms with Crippen molar-refractivity contribution in [2.24, 2.45) is 23.7 Å². The first-order valence-electron chi connectivity index (χ1n) is 5.71. The highest BCUT2D eigenvalue weighted by atomic mass is 16.3. The summed E-state index contributed by atoms with van der Waals surface area (Å²) in [5.41, 5.74) is 0. The van der Waals surface area contributed by atoms with Gasteiger partial charge in [-0.2, -0.15) is 0 Å². The third kappa shape index (κ3) is 4.50. The molecule has 2 atom stereocenters. The number of allylic oxidation sites excluding steroid dienone is 2. The quantitative estimate of drug-likeness (QED) is 0.558. The molecule has 0 aliphatic carbocycles. The largest absolute Gasteiger partial charge is 0.512 e. The van der Waals surface area contributed by atoms with Crippen LogP contribution in [0.25, 0.3) is 0 Å². The minimum atomic E-state index is -0.0217. The van der Waals surface area contributed by atoms with Gasteiger partial charge in [-0.15, -0.1) is 0 Å². The second kappa shape index (κ2) is 5.94. The van der Waals surface area contributed by atoms with Crippen LogP contribution in [0.4, 0.5) is 0 Å². The summed E-state index contributed by atoms with van der Waals surface area (Å²) in [7, 11) is 0. The van der Waals surface area contributed by atoms with Gasteiger partial charge >= 0.3 is 0 Å². The molecule has 0 aliphatic rings. The Morgan fingerprint density at radius 3 is 1.67 bits per heavy atom. The van der Waals surface area contributed by atoms with Crippen LogP contribution in [-0.2, 0) is 4.79 Å². The van der Waals surface area contributed by atoms with Crippen LogP contribution in [0.2, 0.25) is 0 Å². The highest BCUT2D eigenvalue weighted by Crippen LogP contribution is 2.19. The molecular formula is C13H24O2. The van der Waals surface area contributed by atoms with Gasteiger partial charge in [0.2, 0.25) is 0 Å². The molecule has 88 valence electrons. The van der Waals surface area contributed by atoms with E-state index in [1.807, 2.05) is 41.5 Å². The van der Waals surface area contributed by atoms with Gasteiger partial charge in [0, 0.05) is 17.9 Å². The van der Waals surface area contributed by atoms with Crippen LogP contribution in [-0.4, -0.2) is 10.9 Å². The van der Waals surface area contributed by atoms with Gasteiger partial charge in [0.05, 0.1) is 5.76 Å². The fourth-order valence-corrected chi connectivity index (χ4v) is 1.08. The maximum Gasteiger partial charge on any atom is 0.162 e. The van der Waals surface area contributed by atoms with E-state index in [0.29, 0.717) is 11.8 Å². The average molecular weight is 212 g/mol. The Balaban J connectivity index is 4.55. The predicted molar refractivity (Wildman–Crippen MR) is 63.7 cm³/mol. The second-order valence-corrected chi connectivity index (χ2v) is 5.04. The van der Waals surface area contributed by atoms with Crippen molar-refractivity contribution in [2.45, 2.75) is 41.5 Å². The van der Waals surface area contributed by atoms with Crippen molar-refractivity contribution in [3.63, 3.8) is 0 Å². The summed E-state index contributed by atoms with van der Waals surface area (Å²) in [6.45, 7) is 11.9. The number of ketones is 1. The molecule has 2 nitrogen and oxygen atoms in total. The summed E-state index contributed by atoms with van der Waals surface area (Å²) < 4.78 is 0. The Bertz CT molecular complexity index is 239. The van der Waals surface area contributed by atoms with Crippen molar-refractivity contribution in [2.75, 3.05) is 0 Å². The zero-order valence-corrected chi connectivity index (χ0v) is 10.7. The Morgan fingerprint density at radius 1 is 0.933 bits per heavy atom. The monoisotopic (exact) mass is 212 g/mol. The molecule has 0 bridgehead atoms. The summed E-state index contributed by atoms with van der Waals surface area (Å²) in [6, 6.07) is 0. The number of carbonyl (C=O) groups excluding carboxylic acids is 1. The molecule has 0 aliphatic heterocycles. The molecule has 15 heavy (non-hydrogen) atoms. The number of carbonyl (C=O) groups is 1. The summed E-state index contributed by atoms with van der Waals surface area (Å²) >= 11 is 0. The third-order valence-electron chi connectivity index (χ3n) is 3.21. The van der Waals surface area contributed by atoms with Gasteiger partial charge in [0.15, 0.2) is 5.78 Å². The summed E-state index contributed by atoms with van der Waals surface area (Å²) in [6.07, 6.45) is 1.40. The van der Waals surface area contributed by atoms with E-state index in [0.717, 1.165) is 0 Å². The topological polar surface area (TPSA) is 37.3 Å². The smallest absolute Gasteiger partial charge is 0.162 e. The van der Waals surface area contributed by atoms with Crippen LogP contribution >= 0.6 is 0 Å². The van der Waals surface area contributed by atoms with E-state index in [2.05, 4.69) is 0 Å². The van der Waals surface area contributed by atoms with Crippen LogP contribution in [0.3, 0.4) is 0 Å². The van der Waals surface area contributed by atoms with Crippen molar-refractivity contribution in [1.82, 2.24) is 0 Å². The van der Waals surface area contributed by atoms with E-state index in [-0.39, 0.29) is 23.4 Å². The van der Waals surface area contributed by atoms with Gasteiger partial charge in [-0.25, -0.2) is 0 Å². The molecule has 0 amide bonds. The van der Waals surface area contributed by atoms with Crippen molar-refractivity contribution in [3.05, 3.63) is 11.8 Å². The maximum absolute atomic E-state index is 11.7. The van der Waals surface area contributed by atoms with Gasteiger partial charge < -0.3 is 5.11 Å². The zero-order chi connectivity index (χ0) is 12.2. The number of aliphatic hydroxyl groups is 1. The van der Waals surface area contributed by atoms with Crippen molar-refractivity contribution >= 4 is 5.78 Å². The van der Waals surface area contributed by atoms with Crippen LogP contribution < -0.4 is 0 Å². The van der Waals surface area contributed by atoms with E-state index in [4.69, 9.17) is 0 Å². The molecule has 0 heterocycles. The number of aliphatic hydroxyl groups excluding tert-OH is 1. The van der Waals surface area contributed by atoms with Crippen LogP contribution in [0.5, 0.6) is 0 Å². The van der Waals surface area contributed by atoms with E-state index < -0.39 is 0 Å². The Hall–Kier alpha value is -0.790. The van der Waals surface area contributed by atoms with Crippen LogP contribution in [0.15, 0.2) is 11.8 Å². The SMILES string of the molecule is CC(C)C(C)C(=O)C=C(O)C(C)C(C)C. The predicted octanol–water partition coefficient (Wildman–Crippen LogP) is 3.58. The molecule has 0 saturated carbocycles. The minimum absolute atomic E-state index is 0.0217. The summed E-state index contributed by atoms with van der Waals surface area (Å²) in [4.78, 5) is 11.7. The molecule has 0 fully saturated rings. The first kappa shape index (κ1) is 14.2. The standard InChI is InChI=1S/C13H24O2/c1-8(2)10(5)12(14)7-13(15)11(6)9(3)4/h7-11,14H,1-6H3. The lowest BCUT2D eigenvalue weighted by Crippen LogP contribution is -2.17. The molecule has 1 N–H and O–H groups in total. The zero-order valence-electron chi connectivity index (χ0n) is 10.7. The summed E-state index contributed by atoms with van der Waals surface area (Å²) in [5.74, 6) is 0.927. The molecule has 0 saturated heterocycles. The lowest BCUT2D eigenvalue weighted by atomic mass is 9.90. The van der Waals surface area contributed by atoms with Gasteiger partial charge in [0.25, 0.3) is 0 Å². The molecule has 0 aromatic heterocycles. The lowest BCUT2D eigenvalue weighted by Gasteiger charge is -2.16. The van der Waals surface area contributed by atoms with Gasteiger partial charge in [-0.05, 0) is 11.8 Å². The van der Waals surface area contributed by atoms with E-state index >= 15 is 0 Å². The van der Waals surface area contributed by atoms with Crippen LogP contribution in [0, 0.1) is 23.7 Å². The second-order valence-electron chi connectivity index (χ2n) is 5.04. The number of hydrogen-bond acceptors (Lipinski definition) is 2. The molecule has 2 heteroatoms. The highest BCUT2D eigenvalue weighted by molar-refractivity contribution is 5.92. The molecule has 0 aromatic carbocycles. The molecule has 2 unspecified atom stereocenters. The maximum atomic E-state index is 11.7.